The summed E-state index contributed by atoms with van der Waals surface area (Å²) in [6.45, 7) is 0.187. The summed E-state index contributed by atoms with van der Waals surface area (Å²) in [6.07, 6.45) is 1.04. The zero-order valence-electron chi connectivity index (χ0n) is 8.14. The first-order chi connectivity index (χ1) is 6.97. The molecule has 0 heterocycles. The summed E-state index contributed by atoms with van der Waals surface area (Å²) in [5.74, 6) is 0.592. The average Bonchev–Trinajstić information content (AvgIpc) is 2.14. The molecule has 84 valence electrons. The number of rotatable bonds is 5. The van der Waals surface area contributed by atoms with E-state index in [-0.39, 0.29) is 6.61 Å². The minimum atomic E-state index is -3.32. The van der Waals surface area contributed by atoms with Crippen LogP contribution in [-0.2, 0) is 14.3 Å². The van der Waals surface area contributed by atoms with Crippen molar-refractivity contribution in [2.45, 2.75) is 4.90 Å². The fourth-order valence-electron chi connectivity index (χ4n) is 0.876. The predicted octanol–water partition coefficient (Wildman–Crippen LogP) is 2.41. The minimum absolute atomic E-state index is 0.187. The Bertz CT molecular complexity index is 400. The molecular formula is C9H11ClO3S2. The first-order valence-corrected chi connectivity index (χ1v) is 7.38. The van der Waals surface area contributed by atoms with Crippen molar-refractivity contribution < 1.29 is 12.6 Å². The molecule has 0 aliphatic carbocycles. The number of halogens is 1. The van der Waals surface area contributed by atoms with Crippen LogP contribution in [0.3, 0.4) is 0 Å². The van der Waals surface area contributed by atoms with E-state index in [4.69, 9.17) is 11.6 Å². The lowest BCUT2D eigenvalue weighted by Gasteiger charge is -2.01. The fraction of sp³-hybridized carbons (Fsp3) is 0.333. The molecule has 0 aromatic heterocycles. The molecule has 6 heteroatoms. The van der Waals surface area contributed by atoms with Gasteiger partial charge in [-0.3, -0.25) is 4.18 Å². The van der Waals surface area contributed by atoms with Crippen LogP contribution < -0.4 is 0 Å². The Morgan fingerprint density at radius 3 is 2.47 bits per heavy atom. The van der Waals surface area contributed by atoms with Crippen LogP contribution in [-0.4, -0.2) is 27.0 Å². The maximum absolute atomic E-state index is 10.6. The molecule has 0 saturated heterocycles. The molecule has 0 unspecified atom stereocenters. The Hall–Kier alpha value is -0.230. The summed E-state index contributed by atoms with van der Waals surface area (Å²) < 4.78 is 25.9. The summed E-state index contributed by atoms with van der Waals surface area (Å²) >= 11 is 7.24. The van der Waals surface area contributed by atoms with Gasteiger partial charge in [-0.05, 0) is 24.3 Å². The molecule has 0 spiro atoms. The quantitative estimate of drug-likeness (QED) is 0.466. The minimum Gasteiger partial charge on any atom is -0.269 e. The first kappa shape index (κ1) is 12.8. The molecule has 0 N–H and O–H groups in total. The zero-order chi connectivity index (χ0) is 11.3. The largest absolute Gasteiger partial charge is 0.269 e. The van der Waals surface area contributed by atoms with Crippen LogP contribution in [0.1, 0.15) is 0 Å². The van der Waals surface area contributed by atoms with Crippen LogP contribution in [0.4, 0.5) is 0 Å². The fourth-order valence-corrected chi connectivity index (χ4v) is 2.22. The average molecular weight is 267 g/mol. The summed E-state index contributed by atoms with van der Waals surface area (Å²) in [7, 11) is -3.32. The van der Waals surface area contributed by atoms with E-state index >= 15 is 0 Å². The van der Waals surface area contributed by atoms with Gasteiger partial charge < -0.3 is 0 Å². The molecule has 1 aromatic rings. The van der Waals surface area contributed by atoms with Crippen molar-refractivity contribution in [2.75, 3.05) is 18.6 Å². The third kappa shape index (κ3) is 6.04. The highest BCUT2D eigenvalue weighted by Gasteiger charge is 2.01. The standard InChI is InChI=1S/C9H11ClO3S2/c1-15(11,12)13-6-7-14-9-4-2-8(10)3-5-9/h2-5H,6-7H2,1H3. The smallest absolute Gasteiger partial charge is 0.264 e. The molecule has 0 bridgehead atoms. The van der Waals surface area contributed by atoms with Gasteiger partial charge in [0.25, 0.3) is 10.1 Å². The first-order valence-electron chi connectivity index (χ1n) is 4.20. The molecule has 3 nitrogen and oxygen atoms in total. The SMILES string of the molecule is CS(=O)(=O)OCCSc1ccc(Cl)cc1. The van der Waals surface area contributed by atoms with Crippen LogP contribution in [0, 0.1) is 0 Å². The number of benzene rings is 1. The second kappa shape index (κ2) is 5.75. The van der Waals surface area contributed by atoms with Gasteiger partial charge in [-0.2, -0.15) is 8.42 Å². The highest BCUT2D eigenvalue weighted by molar-refractivity contribution is 7.99. The summed E-state index contributed by atoms with van der Waals surface area (Å²) in [5, 5.41) is 0.687. The molecule has 1 aromatic carbocycles. The molecule has 0 fully saturated rings. The van der Waals surface area contributed by atoms with Crippen LogP contribution in [0.25, 0.3) is 0 Å². The summed E-state index contributed by atoms with van der Waals surface area (Å²) in [5.41, 5.74) is 0. The van der Waals surface area contributed by atoms with Gasteiger partial charge in [0.15, 0.2) is 0 Å². The second-order valence-electron chi connectivity index (χ2n) is 2.83. The lowest BCUT2D eigenvalue weighted by Crippen LogP contribution is -2.05. The maximum Gasteiger partial charge on any atom is 0.264 e. The maximum atomic E-state index is 10.6. The number of hydrogen-bond donors (Lipinski definition) is 0. The monoisotopic (exact) mass is 266 g/mol. The van der Waals surface area contributed by atoms with E-state index in [1.807, 2.05) is 12.1 Å². The van der Waals surface area contributed by atoms with Crippen molar-refractivity contribution in [1.29, 1.82) is 0 Å². The Morgan fingerprint density at radius 1 is 1.33 bits per heavy atom. The van der Waals surface area contributed by atoms with Gasteiger partial charge in [-0.1, -0.05) is 11.6 Å². The molecule has 0 radical (unpaired) electrons. The molecule has 0 aliphatic heterocycles. The summed E-state index contributed by atoms with van der Waals surface area (Å²) in [6, 6.07) is 7.35. The van der Waals surface area contributed by atoms with Gasteiger partial charge in [0, 0.05) is 15.7 Å². The predicted molar refractivity (Wildman–Crippen MR) is 63.0 cm³/mol. The normalized spacial score (nSPS) is 11.6. The van der Waals surface area contributed by atoms with E-state index in [1.54, 1.807) is 12.1 Å². The molecule has 0 aliphatic rings. The lowest BCUT2D eigenvalue weighted by atomic mass is 10.4. The van der Waals surface area contributed by atoms with Crippen molar-refractivity contribution in [3.05, 3.63) is 29.3 Å². The van der Waals surface area contributed by atoms with Crippen molar-refractivity contribution in [3.8, 4) is 0 Å². The van der Waals surface area contributed by atoms with Crippen molar-refractivity contribution in [1.82, 2.24) is 0 Å². The summed E-state index contributed by atoms with van der Waals surface area (Å²) in [4.78, 5) is 1.04. The number of thioether (sulfide) groups is 1. The van der Waals surface area contributed by atoms with Gasteiger partial charge in [0.2, 0.25) is 0 Å². The molecule has 1 rings (SSSR count). The third-order valence-electron chi connectivity index (χ3n) is 1.46. The van der Waals surface area contributed by atoms with E-state index in [9.17, 15) is 8.42 Å². The van der Waals surface area contributed by atoms with E-state index < -0.39 is 10.1 Å². The Labute approximate surface area is 98.9 Å². The van der Waals surface area contributed by atoms with E-state index in [0.717, 1.165) is 11.2 Å². The topological polar surface area (TPSA) is 43.4 Å². The van der Waals surface area contributed by atoms with Crippen LogP contribution in [0.15, 0.2) is 29.2 Å². The molecule has 0 amide bonds. The van der Waals surface area contributed by atoms with Crippen molar-refractivity contribution in [2.24, 2.45) is 0 Å². The van der Waals surface area contributed by atoms with Crippen LogP contribution >= 0.6 is 23.4 Å². The van der Waals surface area contributed by atoms with Gasteiger partial charge in [-0.25, -0.2) is 0 Å². The van der Waals surface area contributed by atoms with Gasteiger partial charge in [0.1, 0.15) is 0 Å². The number of hydrogen-bond acceptors (Lipinski definition) is 4. The second-order valence-corrected chi connectivity index (χ2v) is 6.08. The Morgan fingerprint density at radius 2 is 1.93 bits per heavy atom. The van der Waals surface area contributed by atoms with E-state index in [0.29, 0.717) is 10.8 Å². The van der Waals surface area contributed by atoms with Crippen molar-refractivity contribution in [3.63, 3.8) is 0 Å². The van der Waals surface area contributed by atoms with Gasteiger partial charge >= 0.3 is 0 Å². The molecule has 15 heavy (non-hydrogen) atoms. The zero-order valence-corrected chi connectivity index (χ0v) is 10.5. The molecule has 0 saturated carbocycles. The Kier molecular flexibility index (Phi) is 4.92. The van der Waals surface area contributed by atoms with Crippen molar-refractivity contribution >= 4 is 33.5 Å². The van der Waals surface area contributed by atoms with Crippen LogP contribution in [0.2, 0.25) is 5.02 Å². The van der Waals surface area contributed by atoms with Gasteiger partial charge in [0.05, 0.1) is 12.9 Å². The Balaban J connectivity index is 2.29. The van der Waals surface area contributed by atoms with Gasteiger partial charge in [-0.15, -0.1) is 11.8 Å². The lowest BCUT2D eigenvalue weighted by molar-refractivity contribution is 0.345. The molecule has 0 atom stereocenters. The van der Waals surface area contributed by atoms with Crippen LogP contribution in [0.5, 0.6) is 0 Å². The molecular weight excluding hydrogens is 256 g/mol. The van der Waals surface area contributed by atoms with E-state index in [2.05, 4.69) is 4.18 Å². The third-order valence-corrected chi connectivity index (χ3v) is 3.29. The highest BCUT2D eigenvalue weighted by atomic mass is 35.5. The van der Waals surface area contributed by atoms with E-state index in [1.165, 1.54) is 11.8 Å². The highest BCUT2D eigenvalue weighted by Crippen LogP contribution is 2.19.